The van der Waals surface area contributed by atoms with E-state index in [0.29, 0.717) is 22.3 Å². The van der Waals surface area contributed by atoms with E-state index in [2.05, 4.69) is 46.7 Å². The van der Waals surface area contributed by atoms with Crippen LogP contribution in [0.5, 0.6) is 0 Å². The minimum atomic E-state index is -0.367. The lowest BCUT2D eigenvalue weighted by Gasteiger charge is -2.05. The van der Waals surface area contributed by atoms with Gasteiger partial charge in [-0.1, -0.05) is 67.9 Å². The third-order valence-electron chi connectivity index (χ3n) is 3.99. The number of benzene rings is 2. The van der Waals surface area contributed by atoms with Gasteiger partial charge in [0.25, 0.3) is 5.91 Å². The summed E-state index contributed by atoms with van der Waals surface area (Å²) in [4.78, 5) is 12.2. The number of hydrogen-bond acceptors (Lipinski definition) is 3. The van der Waals surface area contributed by atoms with Crippen LogP contribution in [0.4, 0.5) is 0 Å². The van der Waals surface area contributed by atoms with Crippen molar-refractivity contribution in [3.8, 4) is 11.3 Å². The van der Waals surface area contributed by atoms with Crippen LogP contribution in [0.25, 0.3) is 11.3 Å². The lowest BCUT2D eigenvalue weighted by molar-refractivity contribution is 0.0950. The molecule has 3 aromatic rings. The van der Waals surface area contributed by atoms with E-state index in [4.69, 9.17) is 11.6 Å². The molecule has 0 radical (unpaired) electrons. The first kappa shape index (κ1) is 18.9. The zero-order chi connectivity index (χ0) is 19.2. The molecule has 0 fully saturated rings. The van der Waals surface area contributed by atoms with E-state index in [9.17, 15) is 4.79 Å². The first-order chi connectivity index (χ1) is 13.0. The van der Waals surface area contributed by atoms with Crippen molar-refractivity contribution in [3.05, 3.63) is 76.4 Å². The maximum absolute atomic E-state index is 12.2. The highest BCUT2D eigenvalue weighted by Crippen LogP contribution is 2.19. The van der Waals surface area contributed by atoms with Gasteiger partial charge in [0.05, 0.1) is 11.9 Å². The predicted octanol–water partition coefficient (Wildman–Crippen LogP) is 4.69. The van der Waals surface area contributed by atoms with Gasteiger partial charge in [0.2, 0.25) is 0 Å². The maximum atomic E-state index is 12.2. The van der Waals surface area contributed by atoms with Crippen LogP contribution >= 0.6 is 11.6 Å². The second kappa shape index (κ2) is 8.64. The zero-order valence-corrected chi connectivity index (χ0v) is 16.0. The standard InChI is InChI=1S/C21H21ClN4O/c1-14(2)11-15-7-9-16(10-8-15)19-12-20(25-24-19)21(27)26-23-13-17-5-3-4-6-18(17)22/h3-10,12-14H,11H2,1-2H3,(H,24,25)(H,26,27). The Balaban J connectivity index is 1.64. The minimum absolute atomic E-state index is 0.340. The van der Waals surface area contributed by atoms with Gasteiger partial charge in [0.1, 0.15) is 5.69 Å². The molecule has 0 saturated heterocycles. The SMILES string of the molecule is CC(C)Cc1ccc(-c2cc(C(=O)NN=Cc3ccccc3Cl)[nH]n2)cc1. The average molecular weight is 381 g/mol. The molecule has 0 unspecified atom stereocenters. The summed E-state index contributed by atoms with van der Waals surface area (Å²) in [6, 6.07) is 17.2. The van der Waals surface area contributed by atoms with Crippen LogP contribution in [-0.4, -0.2) is 22.3 Å². The van der Waals surface area contributed by atoms with Gasteiger partial charge < -0.3 is 0 Å². The molecule has 6 heteroatoms. The van der Waals surface area contributed by atoms with Crippen molar-refractivity contribution in [2.75, 3.05) is 0 Å². The molecule has 0 aliphatic carbocycles. The number of rotatable bonds is 6. The van der Waals surface area contributed by atoms with Crippen molar-refractivity contribution < 1.29 is 4.79 Å². The van der Waals surface area contributed by atoms with Crippen molar-refractivity contribution in [1.29, 1.82) is 0 Å². The van der Waals surface area contributed by atoms with Crippen molar-refractivity contribution in [2.24, 2.45) is 11.0 Å². The van der Waals surface area contributed by atoms with Gasteiger partial charge in [0, 0.05) is 16.1 Å². The Morgan fingerprint density at radius 2 is 1.96 bits per heavy atom. The number of hydrogen-bond donors (Lipinski definition) is 2. The van der Waals surface area contributed by atoms with E-state index < -0.39 is 0 Å². The van der Waals surface area contributed by atoms with E-state index in [0.717, 1.165) is 17.5 Å². The van der Waals surface area contributed by atoms with Crippen LogP contribution in [0.15, 0.2) is 59.7 Å². The van der Waals surface area contributed by atoms with Gasteiger partial charge in [-0.05, 0) is 30.0 Å². The summed E-state index contributed by atoms with van der Waals surface area (Å²) in [5, 5.41) is 11.5. The van der Waals surface area contributed by atoms with Crippen molar-refractivity contribution >= 4 is 23.7 Å². The Hall–Kier alpha value is -2.92. The van der Waals surface area contributed by atoms with E-state index in [-0.39, 0.29) is 5.91 Å². The van der Waals surface area contributed by atoms with Crippen LogP contribution in [0, 0.1) is 5.92 Å². The van der Waals surface area contributed by atoms with E-state index in [1.54, 1.807) is 12.1 Å². The summed E-state index contributed by atoms with van der Waals surface area (Å²) in [5.74, 6) is 0.247. The molecule has 27 heavy (non-hydrogen) atoms. The third-order valence-corrected chi connectivity index (χ3v) is 4.34. The zero-order valence-electron chi connectivity index (χ0n) is 15.2. The summed E-state index contributed by atoms with van der Waals surface area (Å²) in [5.41, 5.74) is 6.50. The van der Waals surface area contributed by atoms with Crippen molar-refractivity contribution in [1.82, 2.24) is 15.6 Å². The maximum Gasteiger partial charge on any atom is 0.289 e. The quantitative estimate of drug-likeness (QED) is 0.481. The number of nitrogens with one attached hydrogen (secondary N) is 2. The van der Waals surface area contributed by atoms with Gasteiger partial charge in [-0.25, -0.2) is 5.43 Å². The van der Waals surface area contributed by atoms with Gasteiger partial charge in [-0.3, -0.25) is 9.89 Å². The lowest BCUT2D eigenvalue weighted by Crippen LogP contribution is -2.18. The number of H-pyrrole nitrogens is 1. The summed E-state index contributed by atoms with van der Waals surface area (Å²) < 4.78 is 0. The Morgan fingerprint density at radius 3 is 2.67 bits per heavy atom. The Kier molecular flexibility index (Phi) is 6.04. The van der Waals surface area contributed by atoms with Crippen molar-refractivity contribution in [3.63, 3.8) is 0 Å². The number of nitrogens with zero attached hydrogens (tertiary/aromatic N) is 2. The first-order valence-electron chi connectivity index (χ1n) is 8.75. The summed E-state index contributed by atoms with van der Waals surface area (Å²) in [6.07, 6.45) is 2.54. The molecule has 1 aromatic heterocycles. The van der Waals surface area contributed by atoms with Crippen LogP contribution in [0.1, 0.15) is 35.5 Å². The average Bonchev–Trinajstić information content (AvgIpc) is 3.13. The summed E-state index contributed by atoms with van der Waals surface area (Å²) in [7, 11) is 0. The van der Waals surface area contributed by atoms with Crippen LogP contribution in [0.3, 0.4) is 0 Å². The van der Waals surface area contributed by atoms with Crippen LogP contribution < -0.4 is 5.43 Å². The fourth-order valence-corrected chi connectivity index (χ4v) is 2.85. The topological polar surface area (TPSA) is 70.1 Å². The second-order valence-electron chi connectivity index (χ2n) is 6.68. The van der Waals surface area contributed by atoms with Crippen LogP contribution in [0.2, 0.25) is 5.02 Å². The van der Waals surface area contributed by atoms with Gasteiger partial charge >= 0.3 is 0 Å². The normalized spacial score (nSPS) is 11.3. The van der Waals surface area contributed by atoms with E-state index in [1.807, 2.05) is 30.3 Å². The Bertz CT molecular complexity index is 945. The van der Waals surface area contributed by atoms with E-state index >= 15 is 0 Å². The second-order valence-corrected chi connectivity index (χ2v) is 7.09. The minimum Gasteiger partial charge on any atom is -0.272 e. The molecular weight excluding hydrogens is 360 g/mol. The van der Waals surface area contributed by atoms with Gasteiger partial charge in [-0.2, -0.15) is 10.2 Å². The number of aromatic nitrogens is 2. The molecule has 1 amide bonds. The number of carbonyl (C=O) groups excluding carboxylic acids is 1. The fourth-order valence-electron chi connectivity index (χ4n) is 2.67. The molecule has 3 rings (SSSR count). The highest BCUT2D eigenvalue weighted by molar-refractivity contribution is 6.33. The molecule has 2 aromatic carbocycles. The molecule has 138 valence electrons. The molecule has 2 N–H and O–H groups in total. The molecule has 0 bridgehead atoms. The smallest absolute Gasteiger partial charge is 0.272 e. The van der Waals surface area contributed by atoms with Gasteiger partial charge in [0.15, 0.2) is 0 Å². The largest absolute Gasteiger partial charge is 0.289 e. The lowest BCUT2D eigenvalue weighted by atomic mass is 10.0. The number of halogens is 1. The Morgan fingerprint density at radius 1 is 1.22 bits per heavy atom. The molecule has 0 saturated carbocycles. The molecule has 1 heterocycles. The number of carbonyl (C=O) groups is 1. The monoisotopic (exact) mass is 380 g/mol. The van der Waals surface area contributed by atoms with Crippen molar-refractivity contribution in [2.45, 2.75) is 20.3 Å². The predicted molar refractivity (Wildman–Crippen MR) is 109 cm³/mol. The summed E-state index contributed by atoms with van der Waals surface area (Å²) >= 11 is 6.05. The molecule has 5 nitrogen and oxygen atoms in total. The highest BCUT2D eigenvalue weighted by Gasteiger charge is 2.10. The molecule has 0 aliphatic rings. The Labute approximate surface area is 163 Å². The van der Waals surface area contributed by atoms with Crippen LogP contribution in [-0.2, 0) is 6.42 Å². The van der Waals surface area contributed by atoms with E-state index in [1.165, 1.54) is 11.8 Å². The highest BCUT2D eigenvalue weighted by atomic mass is 35.5. The first-order valence-corrected chi connectivity index (χ1v) is 9.13. The summed E-state index contributed by atoms with van der Waals surface area (Å²) in [6.45, 7) is 4.39. The molecule has 0 atom stereocenters. The van der Waals surface area contributed by atoms with Gasteiger partial charge in [-0.15, -0.1) is 0 Å². The third kappa shape index (κ3) is 5.05. The number of hydrazone groups is 1. The molecule has 0 spiro atoms. The number of amides is 1. The molecular formula is C21H21ClN4O. The molecule has 0 aliphatic heterocycles. The fraction of sp³-hybridized carbons (Fsp3) is 0.190. The number of aromatic amines is 1.